The second kappa shape index (κ2) is 9.34. The Balaban J connectivity index is 1.56. The summed E-state index contributed by atoms with van der Waals surface area (Å²) in [6.07, 6.45) is 1.74. The minimum atomic E-state index is -3.51. The number of carbonyl (C=O) groups is 1. The fraction of sp³-hybridized carbons (Fsp3) is 0.350. The van der Waals surface area contributed by atoms with E-state index in [-0.39, 0.29) is 17.4 Å². The Morgan fingerprint density at radius 2 is 1.76 bits per heavy atom. The van der Waals surface area contributed by atoms with E-state index in [0.717, 1.165) is 12.8 Å². The number of amides is 1. The second-order valence-corrected chi connectivity index (χ2v) is 9.78. The molecule has 29 heavy (non-hydrogen) atoms. The Labute approximate surface area is 180 Å². The van der Waals surface area contributed by atoms with Gasteiger partial charge in [0.1, 0.15) is 5.75 Å². The van der Waals surface area contributed by atoms with Gasteiger partial charge in [-0.3, -0.25) is 4.79 Å². The van der Waals surface area contributed by atoms with Crippen LogP contribution in [0.1, 0.15) is 19.8 Å². The summed E-state index contributed by atoms with van der Waals surface area (Å²) in [5.74, 6) is 0.579. The third kappa shape index (κ3) is 5.63. The van der Waals surface area contributed by atoms with Crippen molar-refractivity contribution in [3.8, 4) is 5.75 Å². The van der Waals surface area contributed by atoms with Gasteiger partial charge in [0.15, 0.2) is 6.61 Å². The molecule has 0 spiro atoms. The summed E-state index contributed by atoms with van der Waals surface area (Å²) >= 11 is 11.8. The first-order valence-corrected chi connectivity index (χ1v) is 11.4. The summed E-state index contributed by atoms with van der Waals surface area (Å²) in [5, 5.41) is 3.39. The number of nitrogens with one attached hydrogen (secondary N) is 1. The molecule has 1 saturated heterocycles. The molecule has 2 aromatic rings. The van der Waals surface area contributed by atoms with Crippen molar-refractivity contribution in [1.29, 1.82) is 0 Å². The summed E-state index contributed by atoms with van der Waals surface area (Å²) in [7, 11) is -3.51. The van der Waals surface area contributed by atoms with Gasteiger partial charge in [-0.1, -0.05) is 30.1 Å². The lowest BCUT2D eigenvalue weighted by Crippen LogP contribution is -2.37. The minimum absolute atomic E-state index is 0.222. The lowest BCUT2D eigenvalue weighted by molar-refractivity contribution is -0.118. The third-order valence-electron chi connectivity index (χ3n) is 4.78. The highest BCUT2D eigenvalue weighted by atomic mass is 35.5. The topological polar surface area (TPSA) is 75.7 Å². The van der Waals surface area contributed by atoms with E-state index in [4.69, 9.17) is 27.9 Å². The molecular weight excluding hydrogens is 435 g/mol. The fourth-order valence-electron chi connectivity index (χ4n) is 3.00. The van der Waals surface area contributed by atoms with Gasteiger partial charge in [0.25, 0.3) is 5.91 Å². The van der Waals surface area contributed by atoms with E-state index in [2.05, 4.69) is 12.2 Å². The van der Waals surface area contributed by atoms with E-state index in [1.807, 2.05) is 0 Å². The Bertz CT molecular complexity index is 972. The molecule has 1 aliphatic heterocycles. The molecule has 0 unspecified atom stereocenters. The van der Waals surface area contributed by atoms with Crippen LogP contribution >= 0.6 is 23.2 Å². The minimum Gasteiger partial charge on any atom is -0.484 e. The number of rotatable bonds is 6. The SMILES string of the molecule is CC1CCN(S(=O)(=O)c2ccc(OCC(=O)Nc3ccc(Cl)c(Cl)c3)cc2)CC1. The first-order chi connectivity index (χ1) is 13.8. The zero-order valence-corrected chi connectivity index (χ0v) is 18.2. The van der Waals surface area contributed by atoms with Crippen LogP contribution in [0.5, 0.6) is 5.75 Å². The molecule has 1 fully saturated rings. The molecule has 156 valence electrons. The monoisotopic (exact) mass is 456 g/mol. The Morgan fingerprint density at radius 1 is 1.10 bits per heavy atom. The first-order valence-electron chi connectivity index (χ1n) is 9.23. The van der Waals surface area contributed by atoms with Crippen LogP contribution in [-0.4, -0.2) is 38.3 Å². The molecule has 0 atom stereocenters. The highest BCUT2D eigenvalue weighted by Gasteiger charge is 2.27. The van der Waals surface area contributed by atoms with E-state index in [9.17, 15) is 13.2 Å². The lowest BCUT2D eigenvalue weighted by Gasteiger charge is -2.29. The van der Waals surface area contributed by atoms with Crippen LogP contribution < -0.4 is 10.1 Å². The second-order valence-electron chi connectivity index (χ2n) is 7.02. The number of sulfonamides is 1. The first kappa shape index (κ1) is 21.9. The molecule has 1 heterocycles. The Kier molecular flexibility index (Phi) is 7.05. The number of piperidine rings is 1. The summed E-state index contributed by atoms with van der Waals surface area (Å²) in [6.45, 7) is 2.98. The van der Waals surface area contributed by atoms with Crippen LogP contribution in [0.3, 0.4) is 0 Å². The summed E-state index contributed by atoms with van der Waals surface area (Å²) in [4.78, 5) is 12.2. The molecule has 2 aromatic carbocycles. The van der Waals surface area contributed by atoms with Gasteiger partial charge >= 0.3 is 0 Å². The Hall–Kier alpha value is -1.80. The quantitative estimate of drug-likeness (QED) is 0.697. The molecular formula is C20H22Cl2N2O4S. The normalized spacial score (nSPS) is 15.8. The van der Waals surface area contributed by atoms with E-state index in [1.54, 1.807) is 30.3 Å². The van der Waals surface area contributed by atoms with Gasteiger partial charge in [-0.25, -0.2) is 8.42 Å². The van der Waals surface area contributed by atoms with Gasteiger partial charge in [0.2, 0.25) is 10.0 Å². The summed E-state index contributed by atoms with van der Waals surface area (Å²) in [6, 6.07) is 10.9. The average molecular weight is 457 g/mol. The number of ether oxygens (including phenoxy) is 1. The van der Waals surface area contributed by atoms with Gasteiger partial charge in [0, 0.05) is 18.8 Å². The van der Waals surface area contributed by atoms with Crippen molar-refractivity contribution in [2.75, 3.05) is 25.0 Å². The standard InChI is InChI=1S/C20H22Cl2N2O4S/c1-14-8-10-24(11-9-14)29(26,27)17-5-3-16(4-6-17)28-13-20(25)23-15-2-7-18(21)19(22)12-15/h2-7,12,14H,8-11,13H2,1H3,(H,23,25). The van der Waals surface area contributed by atoms with Crippen molar-refractivity contribution in [2.45, 2.75) is 24.7 Å². The van der Waals surface area contributed by atoms with Crippen molar-refractivity contribution in [3.63, 3.8) is 0 Å². The third-order valence-corrected chi connectivity index (χ3v) is 7.43. The van der Waals surface area contributed by atoms with Crippen LogP contribution in [0.4, 0.5) is 5.69 Å². The van der Waals surface area contributed by atoms with E-state index < -0.39 is 10.0 Å². The largest absolute Gasteiger partial charge is 0.484 e. The molecule has 0 radical (unpaired) electrons. The maximum absolute atomic E-state index is 12.7. The maximum atomic E-state index is 12.7. The van der Waals surface area contributed by atoms with Crippen molar-refractivity contribution in [1.82, 2.24) is 4.31 Å². The lowest BCUT2D eigenvalue weighted by atomic mass is 10.0. The van der Waals surface area contributed by atoms with Crippen molar-refractivity contribution in [3.05, 3.63) is 52.5 Å². The van der Waals surface area contributed by atoms with Gasteiger partial charge < -0.3 is 10.1 Å². The van der Waals surface area contributed by atoms with Crippen LogP contribution in [0.2, 0.25) is 10.0 Å². The Morgan fingerprint density at radius 3 is 2.38 bits per heavy atom. The van der Waals surface area contributed by atoms with Crippen molar-refractivity contribution in [2.24, 2.45) is 5.92 Å². The molecule has 1 amide bonds. The molecule has 1 aliphatic rings. The number of carbonyl (C=O) groups excluding carboxylic acids is 1. The molecule has 0 saturated carbocycles. The molecule has 0 aromatic heterocycles. The van der Waals surface area contributed by atoms with Crippen LogP contribution in [0, 0.1) is 5.92 Å². The van der Waals surface area contributed by atoms with Gasteiger partial charge in [-0.05, 0) is 61.2 Å². The van der Waals surface area contributed by atoms with E-state index in [0.29, 0.717) is 40.5 Å². The average Bonchev–Trinajstić information content (AvgIpc) is 2.70. The molecule has 6 nitrogen and oxygen atoms in total. The van der Waals surface area contributed by atoms with Crippen LogP contribution in [0.25, 0.3) is 0 Å². The van der Waals surface area contributed by atoms with Crippen molar-refractivity contribution < 1.29 is 17.9 Å². The highest BCUT2D eigenvalue weighted by molar-refractivity contribution is 7.89. The van der Waals surface area contributed by atoms with E-state index >= 15 is 0 Å². The smallest absolute Gasteiger partial charge is 0.262 e. The number of nitrogens with zero attached hydrogens (tertiary/aromatic N) is 1. The molecule has 9 heteroatoms. The predicted octanol–water partition coefficient (Wildman–Crippen LogP) is 4.43. The van der Waals surface area contributed by atoms with Gasteiger partial charge in [0.05, 0.1) is 14.9 Å². The van der Waals surface area contributed by atoms with Crippen molar-refractivity contribution >= 4 is 44.8 Å². The zero-order chi connectivity index (χ0) is 21.0. The number of anilines is 1. The van der Waals surface area contributed by atoms with Gasteiger partial charge in [-0.15, -0.1) is 0 Å². The van der Waals surface area contributed by atoms with Crippen LogP contribution in [-0.2, 0) is 14.8 Å². The molecule has 0 aliphatic carbocycles. The molecule has 0 bridgehead atoms. The van der Waals surface area contributed by atoms with E-state index in [1.165, 1.54) is 16.4 Å². The number of halogens is 2. The maximum Gasteiger partial charge on any atom is 0.262 e. The van der Waals surface area contributed by atoms with Gasteiger partial charge in [-0.2, -0.15) is 4.31 Å². The van der Waals surface area contributed by atoms with Crippen LogP contribution in [0.15, 0.2) is 47.4 Å². The predicted molar refractivity (Wildman–Crippen MR) is 114 cm³/mol. The zero-order valence-electron chi connectivity index (χ0n) is 15.9. The number of benzene rings is 2. The summed E-state index contributed by atoms with van der Waals surface area (Å²) in [5.41, 5.74) is 0.505. The number of hydrogen-bond acceptors (Lipinski definition) is 4. The number of hydrogen-bond donors (Lipinski definition) is 1. The summed E-state index contributed by atoms with van der Waals surface area (Å²) < 4.78 is 32.4. The molecule has 3 rings (SSSR count). The fourth-order valence-corrected chi connectivity index (χ4v) is 4.77. The molecule has 1 N–H and O–H groups in total. The highest BCUT2D eigenvalue weighted by Crippen LogP contribution is 2.26.